The Morgan fingerprint density at radius 2 is 2.00 bits per heavy atom. The van der Waals surface area contributed by atoms with Crippen LogP contribution in [0.2, 0.25) is 0 Å². The van der Waals surface area contributed by atoms with Crippen LogP contribution in [-0.2, 0) is 14.4 Å². The fourth-order valence-electron chi connectivity index (χ4n) is 3.75. The smallest absolute Gasteiger partial charge is 0.352 e. The van der Waals surface area contributed by atoms with Crippen molar-refractivity contribution in [3.63, 3.8) is 0 Å². The zero-order valence-electron chi connectivity index (χ0n) is 18.8. The first kappa shape index (κ1) is 25.1. The molecule has 1 atom stereocenters. The molecular weight excluding hydrogens is 421 g/mol. The Kier molecular flexibility index (Phi) is 9.00. The molecule has 1 fully saturated rings. The SMILES string of the molecule is CNC(=O)C(C)=[N+](C)c1nc(C)nc(NNC(=O)[C@H](CC2CCCC2)CN(O)C=O)c1F. The van der Waals surface area contributed by atoms with Crippen molar-refractivity contribution in [1.82, 2.24) is 25.8 Å². The highest BCUT2D eigenvalue weighted by molar-refractivity contribution is 6.35. The van der Waals surface area contributed by atoms with Gasteiger partial charge in [-0.2, -0.15) is 9.37 Å². The number of rotatable bonds is 10. The van der Waals surface area contributed by atoms with Gasteiger partial charge in [-0.3, -0.25) is 30.4 Å². The molecule has 2 rings (SSSR count). The Morgan fingerprint density at radius 3 is 2.59 bits per heavy atom. The number of aromatic nitrogens is 2. The molecule has 0 aliphatic heterocycles. The second kappa shape index (κ2) is 11.5. The molecule has 0 spiro atoms. The molecule has 1 aliphatic rings. The van der Waals surface area contributed by atoms with E-state index in [0.717, 1.165) is 25.7 Å². The minimum atomic E-state index is -0.856. The van der Waals surface area contributed by atoms with Crippen molar-refractivity contribution in [2.24, 2.45) is 11.8 Å². The number of hydrogen-bond acceptors (Lipinski definition) is 7. The third-order valence-corrected chi connectivity index (χ3v) is 5.62. The van der Waals surface area contributed by atoms with Gasteiger partial charge in [0.2, 0.25) is 18.1 Å². The third kappa shape index (κ3) is 6.42. The molecule has 176 valence electrons. The summed E-state index contributed by atoms with van der Waals surface area (Å²) in [6, 6.07) is 0. The van der Waals surface area contributed by atoms with Crippen LogP contribution in [0.25, 0.3) is 0 Å². The first-order valence-corrected chi connectivity index (χ1v) is 10.5. The van der Waals surface area contributed by atoms with E-state index in [4.69, 9.17) is 0 Å². The topological polar surface area (TPSA) is 140 Å². The number of hydrogen-bond donors (Lipinski definition) is 4. The molecule has 3 amide bonds. The van der Waals surface area contributed by atoms with E-state index in [1.807, 2.05) is 0 Å². The molecule has 12 heteroatoms. The third-order valence-electron chi connectivity index (χ3n) is 5.62. The van der Waals surface area contributed by atoms with Crippen LogP contribution in [0.5, 0.6) is 0 Å². The van der Waals surface area contributed by atoms with Gasteiger partial charge in [-0.05, 0) is 17.3 Å². The van der Waals surface area contributed by atoms with Crippen molar-refractivity contribution in [3.8, 4) is 0 Å². The molecule has 32 heavy (non-hydrogen) atoms. The Balaban J connectivity index is 2.20. The van der Waals surface area contributed by atoms with Crippen LogP contribution in [0.15, 0.2) is 0 Å². The van der Waals surface area contributed by atoms with Crippen molar-refractivity contribution < 1.29 is 28.6 Å². The number of hydroxylamine groups is 2. The Bertz CT molecular complexity index is 887. The van der Waals surface area contributed by atoms with Crippen LogP contribution in [0, 0.1) is 24.6 Å². The molecule has 11 nitrogen and oxygen atoms in total. The number of hydrazine groups is 1. The summed E-state index contributed by atoms with van der Waals surface area (Å²) in [7, 11) is 2.95. The lowest BCUT2D eigenvalue weighted by molar-refractivity contribution is -0.411. The fourth-order valence-corrected chi connectivity index (χ4v) is 3.75. The maximum absolute atomic E-state index is 15.1. The molecule has 1 aromatic heterocycles. The van der Waals surface area contributed by atoms with Gasteiger partial charge in [0.15, 0.2) is 11.5 Å². The van der Waals surface area contributed by atoms with E-state index in [2.05, 4.69) is 26.1 Å². The number of aryl methyl sites for hydroxylation is 1. The summed E-state index contributed by atoms with van der Waals surface area (Å²) in [6.45, 7) is 2.90. The summed E-state index contributed by atoms with van der Waals surface area (Å²) in [5, 5.41) is 12.5. The molecule has 0 radical (unpaired) electrons. The first-order valence-electron chi connectivity index (χ1n) is 10.5. The van der Waals surface area contributed by atoms with Gasteiger partial charge < -0.3 is 5.32 Å². The summed E-state index contributed by atoms with van der Waals surface area (Å²) in [6.07, 6.45) is 4.88. The number of nitrogens with zero attached hydrogens (tertiary/aromatic N) is 4. The van der Waals surface area contributed by atoms with Crippen molar-refractivity contribution in [2.75, 3.05) is 26.1 Å². The zero-order chi connectivity index (χ0) is 23.8. The molecule has 4 N–H and O–H groups in total. The van der Waals surface area contributed by atoms with Crippen LogP contribution in [0.4, 0.5) is 16.0 Å². The average molecular weight is 453 g/mol. The molecule has 0 aromatic carbocycles. The van der Waals surface area contributed by atoms with Gasteiger partial charge in [-0.1, -0.05) is 25.7 Å². The van der Waals surface area contributed by atoms with Crippen molar-refractivity contribution in [3.05, 3.63) is 11.6 Å². The first-order chi connectivity index (χ1) is 15.2. The molecular formula is C20H31FN7O4+. The molecule has 1 heterocycles. The maximum atomic E-state index is 15.1. The van der Waals surface area contributed by atoms with E-state index in [9.17, 15) is 19.6 Å². The van der Waals surface area contributed by atoms with Crippen LogP contribution in [0.3, 0.4) is 0 Å². The Labute approximate surface area is 186 Å². The van der Waals surface area contributed by atoms with Crippen molar-refractivity contribution in [2.45, 2.75) is 46.0 Å². The normalized spacial score (nSPS) is 15.6. The monoisotopic (exact) mass is 452 g/mol. The van der Waals surface area contributed by atoms with Crippen LogP contribution >= 0.6 is 0 Å². The Morgan fingerprint density at radius 1 is 1.34 bits per heavy atom. The standard InChI is InChI=1S/C20H30FN7O4/c1-12(19(30)22-3)27(4)18-16(21)17(23-13(2)24-18)25-26-20(31)15(10-28(32)11-29)9-14-7-5-6-8-14/h11,14-15,22,30,32H,5-10H2,1-4H3/p+1/t15-/m1/s1. The number of amides is 3. The average Bonchev–Trinajstić information content (AvgIpc) is 3.30. The lowest BCUT2D eigenvalue weighted by Crippen LogP contribution is -2.41. The molecule has 1 saturated carbocycles. The molecule has 0 saturated heterocycles. The summed E-state index contributed by atoms with van der Waals surface area (Å²) in [5.41, 5.74) is 5.12. The summed E-state index contributed by atoms with van der Waals surface area (Å²) >= 11 is 0. The quantitative estimate of drug-likeness (QED) is 0.136. The summed E-state index contributed by atoms with van der Waals surface area (Å²) in [4.78, 5) is 43.5. The summed E-state index contributed by atoms with van der Waals surface area (Å²) in [5.74, 6) is -2.30. The van der Waals surface area contributed by atoms with Gasteiger partial charge in [0, 0.05) is 20.9 Å². The molecule has 0 unspecified atom stereocenters. The predicted octanol–water partition coefficient (Wildman–Crippen LogP) is 0.892. The van der Waals surface area contributed by atoms with E-state index < -0.39 is 23.5 Å². The highest BCUT2D eigenvalue weighted by Gasteiger charge is 2.29. The van der Waals surface area contributed by atoms with E-state index in [1.165, 1.54) is 25.6 Å². The lowest BCUT2D eigenvalue weighted by atomic mass is 9.92. The van der Waals surface area contributed by atoms with Gasteiger partial charge in [-0.15, -0.1) is 0 Å². The number of nitrogens with one attached hydrogen (secondary N) is 3. The van der Waals surface area contributed by atoms with Gasteiger partial charge in [-0.25, -0.2) is 9.64 Å². The van der Waals surface area contributed by atoms with Crippen molar-refractivity contribution >= 4 is 35.6 Å². The second-order valence-corrected chi connectivity index (χ2v) is 7.91. The zero-order valence-corrected chi connectivity index (χ0v) is 18.8. The van der Waals surface area contributed by atoms with Gasteiger partial charge in [0.25, 0.3) is 11.7 Å². The maximum Gasteiger partial charge on any atom is 0.365 e. The van der Waals surface area contributed by atoms with Crippen LogP contribution in [0.1, 0.15) is 44.9 Å². The van der Waals surface area contributed by atoms with Crippen molar-refractivity contribution in [1.29, 1.82) is 0 Å². The minimum absolute atomic E-state index is 0.139. The molecule has 0 bridgehead atoms. The number of carbonyl (C=O) groups excluding carboxylic acids is 3. The number of anilines is 1. The summed E-state index contributed by atoms with van der Waals surface area (Å²) < 4.78 is 16.3. The largest absolute Gasteiger partial charge is 0.365 e. The minimum Gasteiger partial charge on any atom is -0.352 e. The lowest BCUT2D eigenvalue weighted by Gasteiger charge is -2.22. The highest BCUT2D eigenvalue weighted by Crippen LogP contribution is 2.30. The van der Waals surface area contributed by atoms with E-state index in [0.29, 0.717) is 17.4 Å². The number of carbonyl (C=O) groups is 3. The van der Waals surface area contributed by atoms with E-state index >= 15 is 4.39 Å². The van der Waals surface area contributed by atoms with Gasteiger partial charge in [0.05, 0.1) is 19.5 Å². The van der Waals surface area contributed by atoms with Gasteiger partial charge >= 0.3 is 5.82 Å². The molecule has 1 aliphatic carbocycles. The van der Waals surface area contributed by atoms with Crippen LogP contribution < -0.4 is 16.2 Å². The number of halogens is 1. The van der Waals surface area contributed by atoms with E-state index in [1.54, 1.807) is 6.92 Å². The van der Waals surface area contributed by atoms with Gasteiger partial charge in [0.1, 0.15) is 0 Å². The highest BCUT2D eigenvalue weighted by atomic mass is 19.1. The van der Waals surface area contributed by atoms with Crippen LogP contribution in [-0.4, -0.2) is 69.4 Å². The second-order valence-electron chi connectivity index (χ2n) is 7.91. The fraction of sp³-hybridized carbons (Fsp3) is 0.600. The Hall–Kier alpha value is -3.15. The van der Waals surface area contributed by atoms with E-state index in [-0.39, 0.29) is 36.1 Å². The molecule has 1 aromatic rings. The predicted molar refractivity (Wildman–Crippen MR) is 114 cm³/mol.